The van der Waals surface area contributed by atoms with Crippen molar-refractivity contribution in [2.45, 2.75) is 12.6 Å². The van der Waals surface area contributed by atoms with Crippen molar-refractivity contribution in [2.24, 2.45) is 14.1 Å². The number of nitrogens with zero attached hydrogens (tertiary/aromatic N) is 4. The smallest absolute Gasteiger partial charge is 0.130 e. The summed E-state index contributed by atoms with van der Waals surface area (Å²) in [5.74, 6) is 2.41. The van der Waals surface area contributed by atoms with Crippen molar-refractivity contribution in [1.82, 2.24) is 24.6 Å². The number of hydrogen-bond acceptors (Lipinski definition) is 5. The Morgan fingerprint density at radius 2 is 1.84 bits per heavy atom. The van der Waals surface area contributed by atoms with Crippen molar-refractivity contribution in [2.75, 3.05) is 14.2 Å². The minimum absolute atomic E-state index is 0.107. The zero-order valence-corrected chi connectivity index (χ0v) is 14.9. The Kier molecular flexibility index (Phi) is 5.04. The summed E-state index contributed by atoms with van der Waals surface area (Å²) in [7, 11) is 7.19. The molecule has 0 spiro atoms. The Morgan fingerprint density at radius 1 is 1.12 bits per heavy atom. The summed E-state index contributed by atoms with van der Waals surface area (Å²) in [5.41, 5.74) is 2.13. The molecule has 1 atom stereocenters. The topological polar surface area (TPSA) is 66.1 Å². The van der Waals surface area contributed by atoms with Crippen LogP contribution in [0.5, 0.6) is 11.5 Å². The van der Waals surface area contributed by atoms with E-state index in [1.807, 2.05) is 55.5 Å². The zero-order chi connectivity index (χ0) is 17.8. The minimum Gasteiger partial charge on any atom is -0.497 e. The van der Waals surface area contributed by atoms with Gasteiger partial charge in [0.1, 0.15) is 17.3 Å². The van der Waals surface area contributed by atoms with Crippen molar-refractivity contribution in [3.05, 3.63) is 59.9 Å². The van der Waals surface area contributed by atoms with Gasteiger partial charge in [0.15, 0.2) is 0 Å². The van der Waals surface area contributed by atoms with Gasteiger partial charge < -0.3 is 14.0 Å². The van der Waals surface area contributed by atoms with Gasteiger partial charge in [-0.3, -0.25) is 10.00 Å². The summed E-state index contributed by atoms with van der Waals surface area (Å²) in [6, 6.07) is 5.75. The van der Waals surface area contributed by atoms with Crippen molar-refractivity contribution in [3.8, 4) is 11.5 Å². The predicted octanol–water partition coefficient (Wildman–Crippen LogP) is 2.05. The number of hydrogen-bond donors (Lipinski definition) is 1. The Bertz CT molecular complexity index is 817. The Labute approximate surface area is 147 Å². The van der Waals surface area contributed by atoms with Crippen molar-refractivity contribution in [1.29, 1.82) is 0 Å². The summed E-state index contributed by atoms with van der Waals surface area (Å²) < 4.78 is 14.6. The van der Waals surface area contributed by atoms with E-state index < -0.39 is 0 Å². The van der Waals surface area contributed by atoms with Gasteiger partial charge in [-0.15, -0.1) is 0 Å². The molecule has 0 unspecified atom stereocenters. The fraction of sp³-hybridized carbons (Fsp3) is 0.333. The van der Waals surface area contributed by atoms with Crippen LogP contribution in [0, 0.1) is 0 Å². The number of aromatic nitrogens is 4. The first-order valence-corrected chi connectivity index (χ1v) is 8.02. The van der Waals surface area contributed by atoms with E-state index in [0.29, 0.717) is 6.54 Å². The van der Waals surface area contributed by atoms with Crippen LogP contribution >= 0.6 is 0 Å². The lowest BCUT2D eigenvalue weighted by Crippen LogP contribution is -2.24. The molecule has 3 aromatic rings. The highest BCUT2D eigenvalue weighted by Crippen LogP contribution is 2.29. The second-order valence-electron chi connectivity index (χ2n) is 5.88. The van der Waals surface area contributed by atoms with E-state index in [9.17, 15) is 0 Å². The molecule has 2 heterocycles. The molecule has 0 aliphatic rings. The monoisotopic (exact) mass is 341 g/mol. The molecule has 7 nitrogen and oxygen atoms in total. The fourth-order valence-corrected chi connectivity index (χ4v) is 2.79. The van der Waals surface area contributed by atoms with Crippen LogP contribution in [0.4, 0.5) is 0 Å². The van der Waals surface area contributed by atoms with Crippen molar-refractivity contribution >= 4 is 0 Å². The third-order valence-electron chi connectivity index (χ3n) is 4.09. The molecule has 3 rings (SSSR count). The number of ether oxygens (including phenoxy) is 2. The largest absolute Gasteiger partial charge is 0.497 e. The Morgan fingerprint density at radius 3 is 2.36 bits per heavy atom. The predicted molar refractivity (Wildman–Crippen MR) is 94.6 cm³/mol. The maximum atomic E-state index is 5.41. The maximum absolute atomic E-state index is 5.41. The van der Waals surface area contributed by atoms with Gasteiger partial charge in [0.25, 0.3) is 0 Å². The van der Waals surface area contributed by atoms with Crippen molar-refractivity contribution < 1.29 is 9.47 Å². The summed E-state index contributed by atoms with van der Waals surface area (Å²) in [5, 5.41) is 7.78. The number of methoxy groups -OCH3 is 2. The van der Waals surface area contributed by atoms with E-state index in [4.69, 9.17) is 9.47 Å². The van der Waals surface area contributed by atoms with Gasteiger partial charge in [-0.05, 0) is 17.7 Å². The number of aryl methyl sites for hydroxylation is 2. The Balaban J connectivity index is 1.95. The van der Waals surface area contributed by atoms with Gasteiger partial charge in [-0.2, -0.15) is 5.10 Å². The SMILES string of the molecule is COc1cc(OC)cc([C@@H](NCc2cnn(C)c2)c2nccn2C)c1. The molecular weight excluding hydrogens is 318 g/mol. The second kappa shape index (κ2) is 7.40. The van der Waals surface area contributed by atoms with Crippen molar-refractivity contribution in [3.63, 3.8) is 0 Å². The van der Waals surface area contributed by atoms with Gasteiger partial charge in [0.05, 0.1) is 26.5 Å². The van der Waals surface area contributed by atoms with Crippen LogP contribution < -0.4 is 14.8 Å². The fourth-order valence-electron chi connectivity index (χ4n) is 2.79. The third kappa shape index (κ3) is 3.83. The molecule has 7 heteroatoms. The minimum atomic E-state index is -0.107. The lowest BCUT2D eigenvalue weighted by molar-refractivity contribution is 0.392. The zero-order valence-electron chi connectivity index (χ0n) is 14.9. The molecule has 0 bridgehead atoms. The standard InChI is InChI=1S/C18H23N5O2/c1-22-6-5-19-18(22)17(20-10-13-11-21-23(2)12-13)14-7-15(24-3)9-16(8-14)25-4/h5-9,11-12,17,20H,10H2,1-4H3/t17-/m1/s1. The van der Waals surface area contributed by atoms with Gasteiger partial charge in [0, 0.05) is 50.9 Å². The number of rotatable bonds is 7. The van der Waals surface area contributed by atoms with Crippen LogP contribution in [-0.4, -0.2) is 33.6 Å². The molecule has 25 heavy (non-hydrogen) atoms. The molecule has 0 fully saturated rings. The lowest BCUT2D eigenvalue weighted by atomic mass is 10.0. The first-order chi connectivity index (χ1) is 12.1. The molecule has 1 N–H and O–H groups in total. The van der Waals surface area contributed by atoms with Gasteiger partial charge in [-0.1, -0.05) is 0 Å². The number of nitrogens with one attached hydrogen (secondary N) is 1. The average molecular weight is 341 g/mol. The van der Waals surface area contributed by atoms with E-state index >= 15 is 0 Å². The molecule has 2 aromatic heterocycles. The van der Waals surface area contributed by atoms with Crippen LogP contribution in [0.25, 0.3) is 0 Å². The van der Waals surface area contributed by atoms with E-state index in [0.717, 1.165) is 28.5 Å². The highest BCUT2D eigenvalue weighted by atomic mass is 16.5. The summed E-state index contributed by atoms with van der Waals surface area (Å²) >= 11 is 0. The molecule has 0 aliphatic carbocycles. The van der Waals surface area contributed by atoms with E-state index in [1.165, 1.54) is 0 Å². The number of imidazole rings is 1. The van der Waals surface area contributed by atoms with E-state index in [1.54, 1.807) is 25.1 Å². The first-order valence-electron chi connectivity index (χ1n) is 8.02. The van der Waals surface area contributed by atoms with Crippen LogP contribution in [0.1, 0.15) is 23.0 Å². The molecule has 0 saturated carbocycles. The van der Waals surface area contributed by atoms with Gasteiger partial charge in [0.2, 0.25) is 0 Å². The molecule has 132 valence electrons. The van der Waals surface area contributed by atoms with Gasteiger partial charge in [-0.25, -0.2) is 4.98 Å². The summed E-state index contributed by atoms with van der Waals surface area (Å²) in [4.78, 5) is 4.52. The molecule has 0 saturated heterocycles. The average Bonchev–Trinajstić information content (AvgIpc) is 3.23. The number of benzene rings is 1. The normalized spacial score (nSPS) is 12.2. The molecule has 0 aliphatic heterocycles. The van der Waals surface area contributed by atoms with Crippen LogP contribution in [0.15, 0.2) is 43.0 Å². The quantitative estimate of drug-likeness (QED) is 0.712. The molecule has 1 aromatic carbocycles. The van der Waals surface area contributed by atoms with Crippen LogP contribution in [0.2, 0.25) is 0 Å². The van der Waals surface area contributed by atoms with Crippen LogP contribution in [-0.2, 0) is 20.6 Å². The molecule has 0 amide bonds. The molecular formula is C18H23N5O2. The lowest BCUT2D eigenvalue weighted by Gasteiger charge is -2.20. The maximum Gasteiger partial charge on any atom is 0.130 e. The highest BCUT2D eigenvalue weighted by molar-refractivity contribution is 5.41. The summed E-state index contributed by atoms with van der Waals surface area (Å²) in [6.45, 7) is 0.672. The van der Waals surface area contributed by atoms with E-state index in [2.05, 4.69) is 15.4 Å². The van der Waals surface area contributed by atoms with Gasteiger partial charge >= 0.3 is 0 Å². The molecule has 0 radical (unpaired) electrons. The van der Waals surface area contributed by atoms with E-state index in [-0.39, 0.29) is 6.04 Å². The first kappa shape index (κ1) is 17.0. The Hall–Kier alpha value is -2.80. The second-order valence-corrected chi connectivity index (χ2v) is 5.88. The van der Waals surface area contributed by atoms with Crippen LogP contribution in [0.3, 0.4) is 0 Å². The third-order valence-corrected chi connectivity index (χ3v) is 4.09. The summed E-state index contributed by atoms with van der Waals surface area (Å²) in [6.07, 6.45) is 7.58. The highest BCUT2D eigenvalue weighted by Gasteiger charge is 2.20.